The van der Waals surface area contributed by atoms with E-state index < -0.39 is 0 Å². The molecule has 0 atom stereocenters. The van der Waals surface area contributed by atoms with Gasteiger partial charge in [0, 0.05) is 22.9 Å². The average Bonchev–Trinajstić information content (AvgIpc) is 2.89. The first-order valence-electron chi connectivity index (χ1n) is 11.8. The van der Waals surface area contributed by atoms with Crippen LogP contribution in [0.15, 0.2) is 84.0 Å². The molecular formula is C28H33N3O4. The van der Waals surface area contributed by atoms with Crippen LogP contribution in [-0.4, -0.2) is 36.2 Å². The Labute approximate surface area is 206 Å². The fraction of sp³-hybridized carbons (Fsp3) is 0.286. The van der Waals surface area contributed by atoms with Crippen LogP contribution in [0.3, 0.4) is 0 Å². The molecule has 184 valence electrons. The molecule has 3 N–H and O–H groups in total. The van der Waals surface area contributed by atoms with Gasteiger partial charge < -0.3 is 25.3 Å². The number of benzene rings is 3. The predicted octanol–water partition coefficient (Wildman–Crippen LogP) is 5.46. The van der Waals surface area contributed by atoms with Gasteiger partial charge in [0.05, 0.1) is 13.2 Å². The van der Waals surface area contributed by atoms with Crippen molar-refractivity contribution in [3.8, 4) is 11.5 Å². The summed E-state index contributed by atoms with van der Waals surface area (Å²) >= 11 is 0. The largest absolute Gasteiger partial charge is 0.494 e. The summed E-state index contributed by atoms with van der Waals surface area (Å²) in [6.07, 6.45) is 2.78. The van der Waals surface area contributed by atoms with Crippen LogP contribution in [0.4, 0.5) is 5.69 Å². The Morgan fingerprint density at radius 3 is 1.83 bits per heavy atom. The molecule has 0 spiro atoms. The van der Waals surface area contributed by atoms with Crippen molar-refractivity contribution in [1.29, 1.82) is 0 Å². The van der Waals surface area contributed by atoms with Gasteiger partial charge in [-0.15, -0.1) is 0 Å². The van der Waals surface area contributed by atoms with Crippen molar-refractivity contribution >= 4 is 17.4 Å². The zero-order valence-corrected chi connectivity index (χ0v) is 20.3. The number of amidine groups is 1. The van der Waals surface area contributed by atoms with Gasteiger partial charge in [-0.05, 0) is 93.8 Å². The molecule has 0 unspecified atom stereocenters. The lowest BCUT2D eigenvalue weighted by molar-refractivity contribution is 0.0980. The summed E-state index contributed by atoms with van der Waals surface area (Å²) in [6, 6.07) is 24.2. The van der Waals surface area contributed by atoms with E-state index in [2.05, 4.69) is 5.16 Å². The molecule has 3 aromatic rings. The van der Waals surface area contributed by atoms with Crippen molar-refractivity contribution < 1.29 is 19.5 Å². The van der Waals surface area contributed by atoms with Crippen LogP contribution in [0.25, 0.3) is 0 Å². The van der Waals surface area contributed by atoms with E-state index in [0.29, 0.717) is 24.3 Å². The predicted molar refractivity (Wildman–Crippen MR) is 139 cm³/mol. The number of anilines is 1. The molecule has 0 aliphatic carbocycles. The van der Waals surface area contributed by atoms with Crippen molar-refractivity contribution in [3.05, 3.63) is 90.0 Å². The van der Waals surface area contributed by atoms with E-state index in [1.165, 1.54) is 0 Å². The highest BCUT2D eigenvalue weighted by Gasteiger charge is 2.20. The van der Waals surface area contributed by atoms with Crippen LogP contribution in [0.2, 0.25) is 0 Å². The Hall–Kier alpha value is -4.00. The Morgan fingerprint density at radius 1 is 0.829 bits per heavy atom. The maximum absolute atomic E-state index is 13.1. The standard InChI is InChI=1S/C28H33N3O4/c1-21(2)31(24-9-5-3-6-10-24)28(32)23-13-17-26(18-14-23)35-20-8-4-7-19-34-25-15-11-22(12-16-25)27(29)30-33/h3,5-6,9-18,21,33H,4,7-8,19-20H2,1-2H3,(H2,29,30). The lowest BCUT2D eigenvalue weighted by Crippen LogP contribution is -2.36. The second-order valence-electron chi connectivity index (χ2n) is 8.40. The van der Waals surface area contributed by atoms with Gasteiger partial charge in [-0.2, -0.15) is 0 Å². The number of oxime groups is 1. The van der Waals surface area contributed by atoms with E-state index in [9.17, 15) is 4.79 Å². The SMILES string of the molecule is CC(C)N(C(=O)c1ccc(OCCCCCOc2ccc(/C(N)=N\O)cc2)cc1)c1ccccc1. The number of carbonyl (C=O) groups is 1. The number of hydrogen-bond acceptors (Lipinski definition) is 5. The van der Waals surface area contributed by atoms with E-state index in [1.54, 1.807) is 29.2 Å². The zero-order chi connectivity index (χ0) is 25.0. The third-order valence-electron chi connectivity index (χ3n) is 5.45. The first-order chi connectivity index (χ1) is 17.0. The molecule has 3 rings (SSSR count). The minimum atomic E-state index is -0.0302. The fourth-order valence-electron chi connectivity index (χ4n) is 3.61. The Bertz CT molecular complexity index is 1080. The van der Waals surface area contributed by atoms with Crippen LogP contribution in [0.1, 0.15) is 49.0 Å². The molecule has 35 heavy (non-hydrogen) atoms. The Morgan fingerprint density at radius 2 is 1.34 bits per heavy atom. The zero-order valence-electron chi connectivity index (χ0n) is 20.3. The van der Waals surface area contributed by atoms with Crippen LogP contribution >= 0.6 is 0 Å². The van der Waals surface area contributed by atoms with E-state index in [-0.39, 0.29) is 17.8 Å². The first kappa shape index (κ1) is 25.6. The molecule has 7 nitrogen and oxygen atoms in total. The minimum Gasteiger partial charge on any atom is -0.494 e. The number of unbranched alkanes of at least 4 members (excludes halogenated alkanes) is 2. The summed E-state index contributed by atoms with van der Waals surface area (Å²) in [5.74, 6) is 1.54. The normalized spacial score (nSPS) is 11.3. The maximum atomic E-state index is 13.1. The number of amides is 1. The van der Waals surface area contributed by atoms with Gasteiger partial charge in [0.1, 0.15) is 11.5 Å². The molecule has 0 aliphatic heterocycles. The number of hydrogen-bond donors (Lipinski definition) is 2. The highest BCUT2D eigenvalue weighted by molar-refractivity contribution is 6.06. The molecule has 0 bridgehead atoms. The summed E-state index contributed by atoms with van der Waals surface area (Å²) in [6.45, 7) is 5.22. The van der Waals surface area contributed by atoms with Gasteiger partial charge in [0.2, 0.25) is 0 Å². The monoisotopic (exact) mass is 475 g/mol. The summed E-state index contributed by atoms with van der Waals surface area (Å²) < 4.78 is 11.6. The molecule has 0 aliphatic rings. The van der Waals surface area contributed by atoms with Gasteiger partial charge in [0.25, 0.3) is 5.91 Å². The summed E-state index contributed by atoms with van der Waals surface area (Å²) in [5, 5.41) is 11.7. The lowest BCUT2D eigenvalue weighted by atomic mass is 10.1. The molecule has 7 heteroatoms. The highest BCUT2D eigenvalue weighted by Crippen LogP contribution is 2.21. The first-order valence-corrected chi connectivity index (χ1v) is 11.8. The number of rotatable bonds is 12. The van der Waals surface area contributed by atoms with Crippen LogP contribution in [0.5, 0.6) is 11.5 Å². The number of para-hydroxylation sites is 1. The topological polar surface area (TPSA) is 97.4 Å². The highest BCUT2D eigenvalue weighted by atomic mass is 16.5. The second kappa shape index (κ2) is 13.0. The van der Waals surface area contributed by atoms with Crippen molar-refractivity contribution in [2.24, 2.45) is 10.9 Å². The van der Waals surface area contributed by atoms with Gasteiger partial charge in [0.15, 0.2) is 5.84 Å². The fourth-order valence-corrected chi connectivity index (χ4v) is 3.61. The third kappa shape index (κ3) is 7.50. The van der Waals surface area contributed by atoms with E-state index in [1.807, 2.05) is 68.4 Å². The molecule has 0 heterocycles. The van der Waals surface area contributed by atoms with Crippen molar-refractivity contribution in [2.75, 3.05) is 18.1 Å². The van der Waals surface area contributed by atoms with Gasteiger partial charge >= 0.3 is 0 Å². The number of nitrogens with two attached hydrogens (primary N) is 1. The van der Waals surface area contributed by atoms with Crippen LogP contribution in [0, 0.1) is 0 Å². The van der Waals surface area contributed by atoms with Crippen molar-refractivity contribution in [3.63, 3.8) is 0 Å². The van der Waals surface area contributed by atoms with Gasteiger partial charge in [-0.1, -0.05) is 23.4 Å². The lowest BCUT2D eigenvalue weighted by Gasteiger charge is -2.27. The van der Waals surface area contributed by atoms with Crippen molar-refractivity contribution in [2.45, 2.75) is 39.2 Å². The van der Waals surface area contributed by atoms with E-state index in [4.69, 9.17) is 20.4 Å². The van der Waals surface area contributed by atoms with Crippen LogP contribution < -0.4 is 20.1 Å². The summed E-state index contributed by atoms with van der Waals surface area (Å²) in [4.78, 5) is 14.9. The molecule has 1 amide bonds. The molecular weight excluding hydrogens is 442 g/mol. The van der Waals surface area contributed by atoms with E-state index in [0.717, 1.165) is 36.4 Å². The molecule has 3 aromatic carbocycles. The Kier molecular flexibility index (Phi) is 9.54. The molecule has 0 aromatic heterocycles. The quantitative estimate of drug-likeness (QED) is 0.119. The van der Waals surface area contributed by atoms with Gasteiger partial charge in [-0.3, -0.25) is 4.79 Å². The van der Waals surface area contributed by atoms with Crippen molar-refractivity contribution in [1.82, 2.24) is 0 Å². The van der Waals surface area contributed by atoms with E-state index >= 15 is 0 Å². The third-order valence-corrected chi connectivity index (χ3v) is 5.45. The molecule has 0 saturated carbocycles. The maximum Gasteiger partial charge on any atom is 0.258 e. The molecule has 0 fully saturated rings. The average molecular weight is 476 g/mol. The molecule has 0 radical (unpaired) electrons. The Balaban J connectivity index is 1.38. The number of carbonyl (C=O) groups excluding carboxylic acids is 1. The summed E-state index contributed by atoms with van der Waals surface area (Å²) in [7, 11) is 0. The van der Waals surface area contributed by atoms with Gasteiger partial charge in [-0.25, -0.2) is 0 Å². The number of ether oxygens (including phenoxy) is 2. The smallest absolute Gasteiger partial charge is 0.258 e. The number of nitrogens with zero attached hydrogens (tertiary/aromatic N) is 2. The molecule has 0 saturated heterocycles. The minimum absolute atomic E-state index is 0.0302. The summed E-state index contributed by atoms with van der Waals surface area (Å²) in [5.41, 5.74) is 7.71. The second-order valence-corrected chi connectivity index (χ2v) is 8.40. The van der Waals surface area contributed by atoms with Crippen LogP contribution in [-0.2, 0) is 0 Å².